The largest absolute Gasteiger partial charge is 0.388 e. The van der Waals surface area contributed by atoms with Crippen LogP contribution in [-0.4, -0.2) is 24.1 Å². The number of H-pyrrole nitrogens is 1. The van der Waals surface area contributed by atoms with E-state index in [0.717, 1.165) is 33.9 Å². The van der Waals surface area contributed by atoms with Gasteiger partial charge in [-0.25, -0.2) is 4.98 Å². The summed E-state index contributed by atoms with van der Waals surface area (Å²) in [4.78, 5) is 9.86. The Morgan fingerprint density at radius 2 is 1.75 bits per heavy atom. The Labute approximate surface area is 118 Å². The number of nitrogens with zero attached hydrogens (tertiary/aromatic N) is 2. The highest BCUT2D eigenvalue weighted by Gasteiger charge is 2.06. The summed E-state index contributed by atoms with van der Waals surface area (Å²) in [5, 5.41) is 3.13. The number of nitrogens with one attached hydrogen (secondary N) is 2. The topological polar surface area (TPSA) is 44.0 Å². The zero-order valence-corrected chi connectivity index (χ0v) is 11.9. The van der Waals surface area contributed by atoms with Gasteiger partial charge in [-0.1, -0.05) is 0 Å². The van der Waals surface area contributed by atoms with Crippen molar-refractivity contribution in [2.75, 3.05) is 24.3 Å². The van der Waals surface area contributed by atoms with Gasteiger partial charge < -0.3 is 15.2 Å². The van der Waals surface area contributed by atoms with E-state index in [9.17, 15) is 0 Å². The molecule has 2 aromatic carbocycles. The molecule has 0 aliphatic carbocycles. The van der Waals surface area contributed by atoms with E-state index < -0.39 is 0 Å². The van der Waals surface area contributed by atoms with Crippen molar-refractivity contribution in [2.45, 2.75) is 6.92 Å². The summed E-state index contributed by atoms with van der Waals surface area (Å²) in [6.07, 6.45) is 0. The minimum Gasteiger partial charge on any atom is -0.388 e. The molecule has 0 bridgehead atoms. The molecule has 3 rings (SSSR count). The van der Waals surface area contributed by atoms with Crippen molar-refractivity contribution in [3.63, 3.8) is 0 Å². The van der Waals surface area contributed by atoms with Crippen LogP contribution >= 0.6 is 0 Å². The van der Waals surface area contributed by atoms with Gasteiger partial charge in [0.1, 0.15) is 5.82 Å². The molecule has 2 N–H and O–H groups in total. The molecule has 3 aromatic rings. The maximum absolute atomic E-state index is 4.43. The predicted octanol–water partition coefficient (Wildman–Crippen LogP) is 3.68. The second-order valence-electron chi connectivity index (χ2n) is 4.88. The minimum absolute atomic E-state index is 0.943. The number of benzene rings is 2. The second-order valence-corrected chi connectivity index (χ2v) is 4.88. The maximum Gasteiger partial charge on any atom is 0.104 e. The number of anilines is 3. The highest BCUT2D eigenvalue weighted by Crippen LogP contribution is 2.27. The van der Waals surface area contributed by atoms with Crippen LogP contribution in [-0.2, 0) is 0 Å². The molecule has 0 radical (unpaired) electrons. The van der Waals surface area contributed by atoms with Crippen molar-refractivity contribution in [1.82, 2.24) is 9.97 Å². The van der Waals surface area contributed by atoms with E-state index in [1.807, 2.05) is 20.0 Å². The Bertz CT molecular complexity index is 728. The Balaban J connectivity index is 1.95. The van der Waals surface area contributed by atoms with Gasteiger partial charge in [-0.05, 0) is 49.4 Å². The highest BCUT2D eigenvalue weighted by atomic mass is 15.1. The van der Waals surface area contributed by atoms with Gasteiger partial charge in [0.2, 0.25) is 0 Å². The molecule has 0 aliphatic rings. The van der Waals surface area contributed by atoms with Crippen molar-refractivity contribution in [2.24, 2.45) is 0 Å². The first kappa shape index (κ1) is 12.5. The van der Waals surface area contributed by atoms with Crippen LogP contribution in [0.5, 0.6) is 0 Å². The van der Waals surface area contributed by atoms with Crippen molar-refractivity contribution >= 4 is 28.1 Å². The molecular weight excluding hydrogens is 248 g/mol. The van der Waals surface area contributed by atoms with Crippen LogP contribution in [0, 0.1) is 6.92 Å². The number of hydrogen-bond acceptors (Lipinski definition) is 3. The molecule has 0 fully saturated rings. The summed E-state index contributed by atoms with van der Waals surface area (Å²) in [6.45, 7) is 1.97. The third-order valence-corrected chi connectivity index (χ3v) is 3.51. The summed E-state index contributed by atoms with van der Waals surface area (Å²) >= 11 is 0. The van der Waals surface area contributed by atoms with Gasteiger partial charge in [0.05, 0.1) is 11.0 Å². The van der Waals surface area contributed by atoms with Gasteiger partial charge >= 0.3 is 0 Å². The first-order valence-corrected chi connectivity index (χ1v) is 6.65. The molecule has 0 spiro atoms. The van der Waals surface area contributed by atoms with Crippen molar-refractivity contribution in [1.29, 1.82) is 0 Å². The predicted molar refractivity (Wildman–Crippen MR) is 84.9 cm³/mol. The Hall–Kier alpha value is -2.49. The van der Waals surface area contributed by atoms with E-state index in [0.29, 0.717) is 0 Å². The zero-order chi connectivity index (χ0) is 14.1. The number of aromatic amines is 1. The molecule has 1 aromatic heterocycles. The number of fused-ring (bicyclic) bond motifs is 1. The van der Waals surface area contributed by atoms with Crippen LogP contribution in [0.4, 0.5) is 17.1 Å². The fourth-order valence-electron chi connectivity index (χ4n) is 2.33. The molecule has 102 valence electrons. The number of aromatic nitrogens is 2. The minimum atomic E-state index is 0.943. The molecule has 0 amide bonds. The number of imidazole rings is 1. The van der Waals surface area contributed by atoms with Crippen molar-refractivity contribution < 1.29 is 0 Å². The Morgan fingerprint density at radius 3 is 2.45 bits per heavy atom. The maximum atomic E-state index is 4.43. The Morgan fingerprint density at radius 1 is 1.05 bits per heavy atom. The number of rotatable bonds is 3. The first-order chi connectivity index (χ1) is 9.67. The van der Waals surface area contributed by atoms with E-state index in [-0.39, 0.29) is 0 Å². The van der Waals surface area contributed by atoms with Gasteiger partial charge in [0, 0.05) is 31.2 Å². The van der Waals surface area contributed by atoms with Crippen LogP contribution in [0.3, 0.4) is 0 Å². The lowest BCUT2D eigenvalue weighted by atomic mass is 10.2. The molecule has 0 saturated carbocycles. The first-order valence-electron chi connectivity index (χ1n) is 6.65. The fourth-order valence-corrected chi connectivity index (χ4v) is 2.33. The summed E-state index contributed by atoms with van der Waals surface area (Å²) in [5.41, 5.74) is 5.48. The molecule has 4 heteroatoms. The lowest BCUT2D eigenvalue weighted by Gasteiger charge is -2.19. The fraction of sp³-hybridized carbons (Fsp3) is 0.188. The van der Waals surface area contributed by atoms with Crippen LogP contribution in [0.2, 0.25) is 0 Å². The molecule has 0 atom stereocenters. The van der Waals surface area contributed by atoms with Crippen molar-refractivity contribution in [3.05, 3.63) is 48.3 Å². The molecule has 0 aliphatic heterocycles. The standard InChI is InChI=1S/C16H18N4/c1-11-18-15-9-8-14(10-16(15)19-11)20(3)13-6-4-12(17-2)5-7-13/h4-10,17H,1-3H3,(H,18,19). The molecule has 4 nitrogen and oxygen atoms in total. The van der Waals surface area contributed by atoms with E-state index in [4.69, 9.17) is 0 Å². The normalized spacial score (nSPS) is 10.8. The molecular formula is C16H18N4. The van der Waals surface area contributed by atoms with E-state index in [1.165, 1.54) is 0 Å². The summed E-state index contributed by atoms with van der Waals surface area (Å²) in [7, 11) is 3.99. The van der Waals surface area contributed by atoms with Gasteiger partial charge in [0.25, 0.3) is 0 Å². The van der Waals surface area contributed by atoms with Gasteiger partial charge in [-0.3, -0.25) is 0 Å². The average molecular weight is 266 g/mol. The average Bonchev–Trinajstić information content (AvgIpc) is 2.85. The molecule has 0 saturated heterocycles. The van der Waals surface area contributed by atoms with E-state index in [1.54, 1.807) is 0 Å². The lowest BCUT2D eigenvalue weighted by Crippen LogP contribution is -2.09. The Kier molecular flexibility index (Phi) is 3.06. The third kappa shape index (κ3) is 2.20. The van der Waals surface area contributed by atoms with Crippen LogP contribution in [0.25, 0.3) is 11.0 Å². The third-order valence-electron chi connectivity index (χ3n) is 3.51. The van der Waals surface area contributed by atoms with Crippen LogP contribution in [0.15, 0.2) is 42.5 Å². The van der Waals surface area contributed by atoms with E-state index in [2.05, 4.69) is 63.6 Å². The molecule has 1 heterocycles. The van der Waals surface area contributed by atoms with Gasteiger partial charge in [-0.2, -0.15) is 0 Å². The highest BCUT2D eigenvalue weighted by molar-refractivity contribution is 5.81. The molecule has 0 unspecified atom stereocenters. The summed E-state index contributed by atoms with van der Waals surface area (Å²) < 4.78 is 0. The van der Waals surface area contributed by atoms with E-state index >= 15 is 0 Å². The van der Waals surface area contributed by atoms with Gasteiger partial charge in [0.15, 0.2) is 0 Å². The monoisotopic (exact) mass is 266 g/mol. The summed E-state index contributed by atoms with van der Waals surface area (Å²) in [6, 6.07) is 14.6. The van der Waals surface area contributed by atoms with Crippen LogP contribution in [0.1, 0.15) is 5.82 Å². The smallest absolute Gasteiger partial charge is 0.104 e. The summed E-state index contributed by atoms with van der Waals surface area (Å²) in [5.74, 6) is 0.943. The quantitative estimate of drug-likeness (QED) is 0.760. The van der Waals surface area contributed by atoms with Crippen molar-refractivity contribution in [3.8, 4) is 0 Å². The number of aryl methyl sites for hydroxylation is 1. The SMILES string of the molecule is CNc1ccc(N(C)c2ccc3nc(C)[nH]c3c2)cc1. The molecule has 20 heavy (non-hydrogen) atoms. The zero-order valence-electron chi connectivity index (χ0n) is 11.9. The lowest BCUT2D eigenvalue weighted by molar-refractivity contribution is 1.17. The van der Waals surface area contributed by atoms with Gasteiger partial charge in [-0.15, -0.1) is 0 Å². The van der Waals surface area contributed by atoms with Crippen LogP contribution < -0.4 is 10.2 Å². The number of hydrogen-bond donors (Lipinski definition) is 2. The second kappa shape index (κ2) is 4.89.